The molecule has 6 nitrogen and oxygen atoms in total. The number of ether oxygens (including phenoxy) is 2. The zero-order valence-corrected chi connectivity index (χ0v) is 21.7. The molecule has 36 heavy (non-hydrogen) atoms. The van der Waals surface area contributed by atoms with Crippen LogP contribution in [0.1, 0.15) is 5.56 Å². The number of hydrogen-bond acceptors (Lipinski definition) is 6. The number of para-hydroxylation sites is 1. The summed E-state index contributed by atoms with van der Waals surface area (Å²) in [7, 11) is 0. The highest BCUT2D eigenvalue weighted by Crippen LogP contribution is 2.34. The molecule has 4 aromatic rings. The fraction of sp³-hybridized carbons (Fsp3) is 0. The molecule has 178 valence electrons. The Balaban J connectivity index is 1.39. The van der Waals surface area contributed by atoms with E-state index in [0.29, 0.717) is 33.6 Å². The van der Waals surface area contributed by atoms with Crippen LogP contribution in [0.4, 0.5) is 5.69 Å². The topological polar surface area (TPSA) is 67.9 Å². The lowest BCUT2D eigenvalue weighted by Crippen LogP contribution is -2.54. The lowest BCUT2D eigenvalue weighted by atomic mass is 10.1. The third kappa shape index (κ3) is 5.23. The van der Waals surface area contributed by atoms with Gasteiger partial charge in [-0.15, -0.1) is 11.3 Å². The number of nitrogens with one attached hydrogen (secondary N) is 1. The van der Waals surface area contributed by atoms with Gasteiger partial charge in [0.2, 0.25) is 0 Å². The molecule has 1 aliphatic heterocycles. The molecule has 1 saturated heterocycles. The largest absolute Gasteiger partial charge is 0.457 e. The van der Waals surface area contributed by atoms with E-state index < -0.39 is 11.8 Å². The molecule has 0 saturated carbocycles. The summed E-state index contributed by atoms with van der Waals surface area (Å²) in [6.45, 7) is 0. The van der Waals surface area contributed by atoms with Gasteiger partial charge in [0, 0.05) is 10.0 Å². The van der Waals surface area contributed by atoms with Crippen molar-refractivity contribution in [1.29, 1.82) is 0 Å². The fourth-order valence-corrected chi connectivity index (χ4v) is 4.73. The Morgan fingerprint density at radius 3 is 2.19 bits per heavy atom. The molecule has 0 bridgehead atoms. The summed E-state index contributed by atoms with van der Waals surface area (Å²) in [4.78, 5) is 27.4. The highest BCUT2D eigenvalue weighted by Gasteiger charge is 2.34. The van der Waals surface area contributed by atoms with Crippen LogP contribution in [0.25, 0.3) is 6.08 Å². The van der Waals surface area contributed by atoms with Gasteiger partial charge in [-0.3, -0.25) is 19.8 Å². The normalized spacial score (nSPS) is 14.6. The third-order valence-electron chi connectivity index (χ3n) is 5.16. The number of carbonyl (C=O) groups excluding carboxylic acids is 2. The van der Waals surface area contributed by atoms with E-state index in [1.54, 1.807) is 30.3 Å². The molecular weight excluding hydrogens is 560 g/mol. The van der Waals surface area contributed by atoms with Crippen LogP contribution in [0.3, 0.4) is 0 Å². The van der Waals surface area contributed by atoms with Crippen LogP contribution in [0.15, 0.2) is 100 Å². The predicted octanol–water partition coefficient (Wildman–Crippen LogP) is 6.93. The number of rotatable bonds is 6. The van der Waals surface area contributed by atoms with Crippen molar-refractivity contribution in [2.75, 3.05) is 4.90 Å². The molecular formula is C27H17BrN2O4S2. The fourth-order valence-electron chi connectivity index (χ4n) is 3.44. The Bertz CT molecular complexity index is 1470. The summed E-state index contributed by atoms with van der Waals surface area (Å²) in [6, 6.07) is 25.4. The van der Waals surface area contributed by atoms with Crippen molar-refractivity contribution in [3.8, 4) is 22.3 Å². The Morgan fingerprint density at radius 1 is 0.833 bits per heavy atom. The van der Waals surface area contributed by atoms with E-state index in [9.17, 15) is 9.59 Å². The maximum Gasteiger partial charge on any atom is 0.270 e. The Morgan fingerprint density at radius 2 is 1.47 bits per heavy atom. The van der Waals surface area contributed by atoms with Gasteiger partial charge in [0.1, 0.15) is 22.8 Å². The Kier molecular flexibility index (Phi) is 6.95. The average molecular weight is 577 g/mol. The van der Waals surface area contributed by atoms with E-state index in [0.717, 1.165) is 4.47 Å². The lowest BCUT2D eigenvalue weighted by molar-refractivity contribution is -0.122. The molecule has 0 spiro atoms. The Hall–Kier alpha value is -3.79. The quantitative estimate of drug-likeness (QED) is 0.153. The molecule has 1 fully saturated rings. The van der Waals surface area contributed by atoms with Crippen LogP contribution < -0.4 is 19.7 Å². The number of anilines is 1. The van der Waals surface area contributed by atoms with Crippen LogP contribution in [0.5, 0.6) is 22.3 Å². The molecule has 0 aliphatic carbocycles. The molecule has 0 atom stereocenters. The van der Waals surface area contributed by atoms with Crippen LogP contribution in [0.2, 0.25) is 0 Å². The van der Waals surface area contributed by atoms with Crippen molar-refractivity contribution in [3.05, 3.63) is 106 Å². The third-order valence-corrected chi connectivity index (χ3v) is 6.78. The number of halogens is 1. The summed E-state index contributed by atoms with van der Waals surface area (Å²) in [5, 5.41) is 5.01. The van der Waals surface area contributed by atoms with Crippen molar-refractivity contribution >= 4 is 68.2 Å². The van der Waals surface area contributed by atoms with Gasteiger partial charge in [-0.2, -0.15) is 0 Å². The van der Waals surface area contributed by atoms with Crippen molar-refractivity contribution in [1.82, 2.24) is 5.32 Å². The van der Waals surface area contributed by atoms with Crippen molar-refractivity contribution in [3.63, 3.8) is 0 Å². The number of thiophene rings is 1. The van der Waals surface area contributed by atoms with Gasteiger partial charge in [0.05, 0.1) is 5.69 Å². The molecule has 5 rings (SSSR count). The van der Waals surface area contributed by atoms with Crippen LogP contribution in [-0.4, -0.2) is 16.9 Å². The number of benzene rings is 3. The average Bonchev–Trinajstić information content (AvgIpc) is 3.31. The molecule has 3 aromatic carbocycles. The molecule has 2 heterocycles. The first-order chi connectivity index (χ1) is 17.5. The van der Waals surface area contributed by atoms with Crippen molar-refractivity contribution in [2.45, 2.75) is 0 Å². The van der Waals surface area contributed by atoms with E-state index >= 15 is 0 Å². The van der Waals surface area contributed by atoms with E-state index in [2.05, 4.69) is 21.2 Å². The molecule has 0 radical (unpaired) electrons. The standard InChI is InChI=1S/C27H17BrN2O4S2/c28-18-6-10-22(11-7-18)34-26-17(14-15-36-26)16-23-24(31)29-27(35)30(25(23)32)19-8-12-21(13-9-19)33-20-4-2-1-3-5-20/h1-16H,(H,29,31,35). The molecule has 1 N–H and O–H groups in total. The van der Waals surface area contributed by atoms with E-state index in [4.69, 9.17) is 21.7 Å². The highest BCUT2D eigenvalue weighted by molar-refractivity contribution is 9.10. The predicted molar refractivity (Wildman–Crippen MR) is 148 cm³/mol. The second-order valence-corrected chi connectivity index (χ2v) is 9.77. The Labute approximate surface area is 224 Å². The molecule has 9 heteroatoms. The highest BCUT2D eigenvalue weighted by atomic mass is 79.9. The zero-order valence-electron chi connectivity index (χ0n) is 18.5. The van der Waals surface area contributed by atoms with Crippen LogP contribution >= 0.6 is 39.5 Å². The summed E-state index contributed by atoms with van der Waals surface area (Å²) in [5.74, 6) is 0.852. The smallest absolute Gasteiger partial charge is 0.270 e. The number of amides is 2. The van der Waals surface area contributed by atoms with E-state index in [1.165, 1.54) is 22.3 Å². The first-order valence-corrected chi connectivity index (χ1v) is 12.8. The maximum absolute atomic E-state index is 13.4. The number of thiocarbonyl (C=S) groups is 1. The number of carbonyl (C=O) groups is 2. The molecule has 2 amide bonds. The number of hydrogen-bond donors (Lipinski definition) is 1. The van der Waals surface area contributed by atoms with Crippen LogP contribution in [0, 0.1) is 0 Å². The van der Waals surface area contributed by atoms with Crippen molar-refractivity contribution in [2.24, 2.45) is 0 Å². The summed E-state index contributed by atoms with van der Waals surface area (Å²) < 4.78 is 12.7. The minimum atomic E-state index is -0.564. The minimum absolute atomic E-state index is 0.00975. The second-order valence-electron chi connectivity index (χ2n) is 7.59. The first kappa shape index (κ1) is 23.9. The van der Waals surface area contributed by atoms with Gasteiger partial charge < -0.3 is 9.47 Å². The van der Waals surface area contributed by atoms with Gasteiger partial charge in [-0.1, -0.05) is 34.1 Å². The zero-order chi connectivity index (χ0) is 25.1. The summed E-state index contributed by atoms with van der Waals surface area (Å²) >= 11 is 10.1. The number of nitrogens with zero attached hydrogens (tertiary/aromatic N) is 1. The van der Waals surface area contributed by atoms with Gasteiger partial charge in [0.15, 0.2) is 10.2 Å². The summed E-state index contributed by atoms with van der Waals surface area (Å²) in [5.41, 5.74) is 1.07. The van der Waals surface area contributed by atoms with Gasteiger partial charge in [0.25, 0.3) is 11.8 Å². The first-order valence-electron chi connectivity index (χ1n) is 10.7. The van der Waals surface area contributed by atoms with Crippen molar-refractivity contribution < 1.29 is 19.1 Å². The van der Waals surface area contributed by atoms with E-state index in [1.807, 2.05) is 60.0 Å². The van der Waals surface area contributed by atoms with Gasteiger partial charge in [-0.05, 0) is 90.4 Å². The molecule has 1 aliphatic rings. The monoisotopic (exact) mass is 576 g/mol. The maximum atomic E-state index is 13.4. The van der Waals surface area contributed by atoms with Gasteiger partial charge >= 0.3 is 0 Å². The minimum Gasteiger partial charge on any atom is -0.457 e. The molecule has 1 aromatic heterocycles. The van der Waals surface area contributed by atoms with E-state index in [-0.39, 0.29) is 10.7 Å². The summed E-state index contributed by atoms with van der Waals surface area (Å²) in [6.07, 6.45) is 1.52. The van der Waals surface area contributed by atoms with Crippen LogP contribution in [-0.2, 0) is 9.59 Å². The lowest BCUT2D eigenvalue weighted by Gasteiger charge is -2.29. The molecule has 0 unspecified atom stereocenters. The second kappa shape index (κ2) is 10.4. The SMILES string of the molecule is O=C1NC(=S)N(c2ccc(Oc3ccccc3)cc2)C(=O)C1=Cc1ccsc1Oc1ccc(Br)cc1. The van der Waals surface area contributed by atoms with Gasteiger partial charge in [-0.25, -0.2) is 0 Å².